The molecule has 0 bridgehead atoms. The van der Waals surface area contributed by atoms with Crippen molar-refractivity contribution in [2.75, 3.05) is 7.11 Å². The lowest BCUT2D eigenvalue weighted by Gasteiger charge is -2.29. The van der Waals surface area contributed by atoms with E-state index >= 15 is 0 Å². The summed E-state index contributed by atoms with van der Waals surface area (Å²) in [6.07, 6.45) is 1.51. The summed E-state index contributed by atoms with van der Waals surface area (Å²) in [6, 6.07) is 28.4. The fourth-order valence-corrected chi connectivity index (χ4v) is 4.42. The molecule has 1 saturated heterocycles. The SMILES string of the molecule is COC(=O)c1ccc(-n2c(-c3ccccc3)cc(C=C3C(=O)OC(C)(C)OC3=O)c2-c2ccccc2)cc1. The monoisotopic (exact) mass is 507 g/mol. The van der Waals surface area contributed by atoms with Gasteiger partial charge in [0.05, 0.1) is 24.1 Å². The molecule has 3 aromatic carbocycles. The first kappa shape index (κ1) is 24.8. The zero-order valence-corrected chi connectivity index (χ0v) is 21.1. The van der Waals surface area contributed by atoms with E-state index < -0.39 is 23.7 Å². The highest BCUT2D eigenvalue weighted by molar-refractivity contribution is 6.19. The van der Waals surface area contributed by atoms with Gasteiger partial charge in [0.25, 0.3) is 5.79 Å². The first-order chi connectivity index (χ1) is 18.3. The third-order valence-corrected chi connectivity index (χ3v) is 6.11. The van der Waals surface area contributed by atoms with E-state index in [4.69, 9.17) is 14.2 Å². The molecular weight excluding hydrogens is 482 g/mol. The summed E-state index contributed by atoms with van der Waals surface area (Å²) < 4.78 is 17.5. The van der Waals surface area contributed by atoms with E-state index in [0.717, 1.165) is 28.2 Å². The maximum Gasteiger partial charge on any atom is 0.348 e. The minimum Gasteiger partial charge on any atom is -0.465 e. The van der Waals surface area contributed by atoms with E-state index in [0.29, 0.717) is 11.1 Å². The number of methoxy groups -OCH3 is 1. The van der Waals surface area contributed by atoms with E-state index in [1.54, 1.807) is 12.1 Å². The van der Waals surface area contributed by atoms with Crippen LogP contribution in [-0.2, 0) is 23.8 Å². The Hall–Kier alpha value is -4.91. The topological polar surface area (TPSA) is 83.8 Å². The molecule has 7 heteroatoms. The van der Waals surface area contributed by atoms with Crippen molar-refractivity contribution in [1.82, 2.24) is 4.57 Å². The van der Waals surface area contributed by atoms with Gasteiger partial charge in [-0.25, -0.2) is 14.4 Å². The molecule has 1 aliphatic heterocycles. The number of cyclic esters (lactones) is 2. The Balaban J connectivity index is 1.78. The minimum absolute atomic E-state index is 0.195. The molecule has 190 valence electrons. The van der Waals surface area contributed by atoms with Crippen molar-refractivity contribution >= 4 is 24.0 Å². The second-order valence-corrected chi connectivity index (χ2v) is 9.18. The number of hydrogen-bond acceptors (Lipinski definition) is 6. The Morgan fingerprint density at radius 2 is 1.37 bits per heavy atom. The highest BCUT2D eigenvalue weighted by Gasteiger charge is 2.39. The number of carbonyl (C=O) groups excluding carboxylic acids is 3. The van der Waals surface area contributed by atoms with Crippen LogP contribution in [-0.4, -0.2) is 35.4 Å². The van der Waals surface area contributed by atoms with Crippen LogP contribution < -0.4 is 0 Å². The Morgan fingerprint density at radius 1 is 0.816 bits per heavy atom. The number of esters is 3. The summed E-state index contributed by atoms with van der Waals surface area (Å²) in [5, 5.41) is 0. The number of hydrogen-bond donors (Lipinski definition) is 0. The maximum atomic E-state index is 12.8. The summed E-state index contributed by atoms with van der Waals surface area (Å²) in [5.41, 5.74) is 4.96. The second kappa shape index (κ2) is 9.86. The number of benzene rings is 3. The predicted octanol–water partition coefficient (Wildman–Crippen LogP) is 5.82. The Kier molecular flexibility index (Phi) is 6.43. The molecule has 0 amide bonds. The smallest absolute Gasteiger partial charge is 0.348 e. The fourth-order valence-electron chi connectivity index (χ4n) is 4.42. The van der Waals surface area contributed by atoms with Gasteiger partial charge in [-0.2, -0.15) is 0 Å². The van der Waals surface area contributed by atoms with E-state index in [1.165, 1.54) is 27.0 Å². The van der Waals surface area contributed by atoms with Gasteiger partial charge in [0.1, 0.15) is 5.57 Å². The molecule has 0 atom stereocenters. The summed E-state index contributed by atoms with van der Waals surface area (Å²) in [5.74, 6) is -3.27. The fraction of sp³-hybridized carbons (Fsp3) is 0.129. The molecule has 0 aliphatic carbocycles. The summed E-state index contributed by atoms with van der Waals surface area (Å²) >= 11 is 0. The Labute approximate surface area is 219 Å². The maximum absolute atomic E-state index is 12.8. The Morgan fingerprint density at radius 3 is 1.92 bits per heavy atom. The van der Waals surface area contributed by atoms with Gasteiger partial charge in [0, 0.05) is 25.1 Å². The molecule has 4 aromatic rings. The van der Waals surface area contributed by atoms with Crippen molar-refractivity contribution in [3.8, 4) is 28.2 Å². The molecule has 38 heavy (non-hydrogen) atoms. The first-order valence-corrected chi connectivity index (χ1v) is 12.0. The zero-order chi connectivity index (χ0) is 26.9. The second-order valence-electron chi connectivity index (χ2n) is 9.18. The lowest BCUT2D eigenvalue weighted by atomic mass is 10.0. The number of rotatable bonds is 5. The van der Waals surface area contributed by atoms with Crippen molar-refractivity contribution in [3.63, 3.8) is 0 Å². The van der Waals surface area contributed by atoms with Crippen LogP contribution in [0.15, 0.2) is 96.6 Å². The molecule has 7 nitrogen and oxygen atoms in total. The van der Waals surface area contributed by atoms with Crippen LogP contribution in [0.1, 0.15) is 29.8 Å². The predicted molar refractivity (Wildman–Crippen MR) is 142 cm³/mol. The van der Waals surface area contributed by atoms with Crippen LogP contribution in [0, 0.1) is 0 Å². The Bertz CT molecular complexity index is 1530. The van der Waals surface area contributed by atoms with Gasteiger partial charge in [-0.3, -0.25) is 0 Å². The highest BCUT2D eigenvalue weighted by Crippen LogP contribution is 2.38. The van der Waals surface area contributed by atoms with Gasteiger partial charge >= 0.3 is 17.9 Å². The van der Waals surface area contributed by atoms with E-state index in [9.17, 15) is 14.4 Å². The first-order valence-electron chi connectivity index (χ1n) is 12.0. The molecule has 1 fully saturated rings. The minimum atomic E-state index is -1.34. The molecule has 1 aromatic heterocycles. The van der Waals surface area contributed by atoms with E-state index in [-0.39, 0.29) is 5.57 Å². The van der Waals surface area contributed by atoms with Gasteiger partial charge < -0.3 is 18.8 Å². The summed E-state index contributed by atoms with van der Waals surface area (Å²) in [6.45, 7) is 3.02. The average molecular weight is 508 g/mol. The number of nitrogens with zero attached hydrogens (tertiary/aromatic N) is 1. The summed E-state index contributed by atoms with van der Waals surface area (Å²) in [4.78, 5) is 37.6. The van der Waals surface area contributed by atoms with Crippen molar-refractivity contribution in [3.05, 3.63) is 108 Å². The molecule has 0 saturated carbocycles. The van der Waals surface area contributed by atoms with Crippen LogP contribution >= 0.6 is 0 Å². The van der Waals surface area contributed by atoms with Crippen LogP contribution in [0.3, 0.4) is 0 Å². The highest BCUT2D eigenvalue weighted by atomic mass is 16.7. The summed E-state index contributed by atoms with van der Waals surface area (Å²) in [7, 11) is 1.34. The van der Waals surface area contributed by atoms with Crippen molar-refractivity contribution < 1.29 is 28.6 Å². The van der Waals surface area contributed by atoms with E-state index in [2.05, 4.69) is 0 Å². The third-order valence-electron chi connectivity index (χ3n) is 6.11. The lowest BCUT2D eigenvalue weighted by Crippen LogP contribution is -2.41. The quantitative estimate of drug-likeness (QED) is 0.192. The molecule has 0 unspecified atom stereocenters. The molecule has 0 radical (unpaired) electrons. The number of ether oxygens (including phenoxy) is 3. The zero-order valence-electron chi connectivity index (χ0n) is 21.1. The molecule has 2 heterocycles. The molecule has 5 rings (SSSR count). The van der Waals surface area contributed by atoms with Gasteiger partial charge in [-0.05, 0) is 47.5 Å². The van der Waals surface area contributed by atoms with Crippen molar-refractivity contribution in [2.24, 2.45) is 0 Å². The number of carbonyl (C=O) groups is 3. The van der Waals surface area contributed by atoms with Crippen LogP contribution in [0.2, 0.25) is 0 Å². The van der Waals surface area contributed by atoms with Gasteiger partial charge in [-0.1, -0.05) is 60.7 Å². The van der Waals surface area contributed by atoms with Gasteiger partial charge in [0.15, 0.2) is 0 Å². The molecule has 0 spiro atoms. The van der Waals surface area contributed by atoms with Crippen LogP contribution in [0.5, 0.6) is 0 Å². The lowest BCUT2D eigenvalue weighted by molar-refractivity contribution is -0.222. The largest absolute Gasteiger partial charge is 0.465 e. The van der Waals surface area contributed by atoms with Crippen LogP contribution in [0.25, 0.3) is 34.3 Å². The third kappa shape index (κ3) is 4.74. The standard InChI is InChI=1S/C31H25NO6/c1-31(2)37-29(34)25(30(35)38-31)18-23-19-26(20-10-6-4-7-11-20)32(27(23)21-12-8-5-9-13-21)24-16-14-22(15-17-24)28(33)36-3/h4-19H,1-3H3. The van der Waals surface area contributed by atoms with Crippen LogP contribution in [0.4, 0.5) is 0 Å². The van der Waals surface area contributed by atoms with Crippen molar-refractivity contribution in [1.29, 1.82) is 0 Å². The van der Waals surface area contributed by atoms with Crippen molar-refractivity contribution in [2.45, 2.75) is 19.6 Å². The molecule has 0 N–H and O–H groups in total. The van der Waals surface area contributed by atoms with Gasteiger partial charge in [0.2, 0.25) is 0 Å². The normalized spacial score (nSPS) is 14.4. The molecular formula is C31H25NO6. The molecule has 1 aliphatic rings. The number of aromatic nitrogens is 1. The van der Waals surface area contributed by atoms with E-state index in [1.807, 2.05) is 83.4 Å². The average Bonchev–Trinajstić information content (AvgIpc) is 3.30. The van der Waals surface area contributed by atoms with Gasteiger partial charge in [-0.15, -0.1) is 0 Å².